The average molecular weight is 587 g/mol. The molecular formula is C25H26F8N2O3S. The number of sulfonamides is 1. The summed E-state index contributed by atoms with van der Waals surface area (Å²) in [6.07, 6.45) is -11.0. The Hall–Kier alpha value is -2.29. The van der Waals surface area contributed by atoms with Crippen molar-refractivity contribution < 1.29 is 48.6 Å². The standard InChI is InChI=1S/C25H26F8N2O3S/c1-14(2)20-17(15-4-6-16(7-5-15)23(36,24(28,29)30)25(31,32)33)8-19(26)18(21(20)27)9-34-10-22(11-34)12-35(13-22)39(3,37)38/h4-8,14,36H,9-13H2,1-3H3. The zero-order chi connectivity index (χ0) is 29.3. The smallest absolute Gasteiger partial charge is 0.369 e. The van der Waals surface area contributed by atoms with Gasteiger partial charge in [-0.3, -0.25) is 4.90 Å². The van der Waals surface area contributed by atoms with E-state index in [9.17, 15) is 39.9 Å². The molecule has 216 valence electrons. The second-order valence-electron chi connectivity index (χ2n) is 10.7. The van der Waals surface area contributed by atoms with E-state index in [-0.39, 0.29) is 34.2 Å². The lowest BCUT2D eigenvalue weighted by Gasteiger charge is -2.59. The third-order valence-corrected chi connectivity index (χ3v) is 8.55. The summed E-state index contributed by atoms with van der Waals surface area (Å²) in [7, 11) is -3.31. The molecule has 0 bridgehead atoms. The van der Waals surface area contributed by atoms with Gasteiger partial charge in [-0.2, -0.15) is 26.3 Å². The summed E-state index contributed by atoms with van der Waals surface area (Å²) >= 11 is 0. The van der Waals surface area contributed by atoms with Crippen molar-refractivity contribution in [2.75, 3.05) is 32.4 Å². The number of alkyl halides is 6. The van der Waals surface area contributed by atoms with Crippen LogP contribution in [0.2, 0.25) is 0 Å². The van der Waals surface area contributed by atoms with Crippen molar-refractivity contribution in [1.82, 2.24) is 9.21 Å². The fraction of sp³-hybridized carbons (Fsp3) is 0.520. The van der Waals surface area contributed by atoms with E-state index in [1.807, 2.05) is 0 Å². The first kappa shape index (κ1) is 29.7. The lowest BCUT2D eigenvalue weighted by Crippen LogP contribution is -2.72. The van der Waals surface area contributed by atoms with Crippen molar-refractivity contribution >= 4 is 10.0 Å². The van der Waals surface area contributed by atoms with Crippen molar-refractivity contribution in [1.29, 1.82) is 0 Å². The predicted octanol–water partition coefficient (Wildman–Crippen LogP) is 5.14. The SMILES string of the molecule is CC(C)c1c(-c2ccc(C(O)(C(F)(F)F)C(F)(F)F)cc2)cc(F)c(CN2CC3(C2)CN(S(C)(=O)=O)C3)c1F. The van der Waals surface area contributed by atoms with Gasteiger partial charge in [0.2, 0.25) is 10.0 Å². The number of hydrogen-bond donors (Lipinski definition) is 1. The molecule has 2 aliphatic rings. The number of halogens is 8. The Labute approximate surface area is 220 Å². The zero-order valence-electron chi connectivity index (χ0n) is 21.1. The Morgan fingerprint density at radius 3 is 1.90 bits per heavy atom. The van der Waals surface area contributed by atoms with Crippen molar-refractivity contribution in [2.45, 2.75) is 44.3 Å². The van der Waals surface area contributed by atoms with Gasteiger partial charge in [0, 0.05) is 49.3 Å². The molecule has 5 nitrogen and oxygen atoms in total. The molecular weight excluding hydrogens is 560 g/mol. The molecule has 4 rings (SSSR count). The van der Waals surface area contributed by atoms with Crippen LogP contribution < -0.4 is 0 Å². The maximum absolute atomic E-state index is 15.6. The quantitative estimate of drug-likeness (QED) is 0.477. The molecule has 0 unspecified atom stereocenters. The van der Waals surface area contributed by atoms with E-state index in [0.717, 1.165) is 24.5 Å². The van der Waals surface area contributed by atoms with Crippen LogP contribution >= 0.6 is 0 Å². The maximum Gasteiger partial charge on any atom is 0.430 e. The van der Waals surface area contributed by atoms with Crippen LogP contribution in [0.3, 0.4) is 0 Å². The van der Waals surface area contributed by atoms with Gasteiger partial charge < -0.3 is 5.11 Å². The van der Waals surface area contributed by atoms with Crippen LogP contribution in [0.5, 0.6) is 0 Å². The molecule has 2 fully saturated rings. The van der Waals surface area contributed by atoms with Gasteiger partial charge in [0.25, 0.3) is 5.60 Å². The number of likely N-dealkylation sites (tertiary alicyclic amines) is 1. The van der Waals surface area contributed by atoms with Crippen LogP contribution in [0.15, 0.2) is 30.3 Å². The molecule has 2 saturated heterocycles. The normalized spacial score (nSPS) is 18.9. The van der Waals surface area contributed by atoms with E-state index in [1.165, 1.54) is 4.31 Å². The highest BCUT2D eigenvalue weighted by molar-refractivity contribution is 7.88. The van der Waals surface area contributed by atoms with Crippen molar-refractivity contribution in [3.05, 3.63) is 58.7 Å². The molecule has 2 heterocycles. The van der Waals surface area contributed by atoms with Gasteiger partial charge in [-0.25, -0.2) is 21.5 Å². The fourth-order valence-corrected chi connectivity index (χ4v) is 6.40. The van der Waals surface area contributed by atoms with Crippen LogP contribution in [-0.4, -0.2) is 67.5 Å². The number of nitrogens with zero attached hydrogens (tertiary/aromatic N) is 2. The highest BCUT2D eigenvalue weighted by Gasteiger charge is 2.71. The van der Waals surface area contributed by atoms with Crippen LogP contribution in [0, 0.1) is 17.0 Å². The van der Waals surface area contributed by atoms with Gasteiger partial charge in [0.15, 0.2) is 0 Å². The molecule has 0 aromatic heterocycles. The van der Waals surface area contributed by atoms with Gasteiger partial charge in [-0.1, -0.05) is 38.1 Å². The van der Waals surface area contributed by atoms with Crippen LogP contribution in [0.25, 0.3) is 11.1 Å². The van der Waals surface area contributed by atoms with Crippen molar-refractivity contribution in [2.24, 2.45) is 5.41 Å². The predicted molar refractivity (Wildman–Crippen MR) is 126 cm³/mol. The topological polar surface area (TPSA) is 60.9 Å². The van der Waals surface area contributed by atoms with E-state index in [4.69, 9.17) is 0 Å². The third kappa shape index (κ3) is 5.04. The average Bonchev–Trinajstić information content (AvgIpc) is 2.72. The summed E-state index contributed by atoms with van der Waals surface area (Å²) in [4.78, 5) is 1.77. The van der Waals surface area contributed by atoms with Crippen LogP contribution in [0.4, 0.5) is 35.1 Å². The minimum Gasteiger partial charge on any atom is -0.369 e. The first-order chi connectivity index (χ1) is 17.7. The van der Waals surface area contributed by atoms with Crippen LogP contribution in [0.1, 0.15) is 36.5 Å². The van der Waals surface area contributed by atoms with E-state index in [1.54, 1.807) is 18.7 Å². The molecule has 0 saturated carbocycles. The molecule has 2 aliphatic heterocycles. The molecule has 0 atom stereocenters. The monoisotopic (exact) mass is 586 g/mol. The van der Waals surface area contributed by atoms with Gasteiger partial charge in [0.05, 0.1) is 6.26 Å². The second-order valence-corrected chi connectivity index (χ2v) is 12.7. The largest absolute Gasteiger partial charge is 0.430 e. The van der Waals surface area contributed by atoms with Gasteiger partial charge in [-0.15, -0.1) is 0 Å². The van der Waals surface area contributed by atoms with Crippen molar-refractivity contribution in [3.63, 3.8) is 0 Å². The number of benzene rings is 2. The third-order valence-electron chi connectivity index (χ3n) is 7.35. The van der Waals surface area contributed by atoms with Crippen molar-refractivity contribution in [3.8, 4) is 11.1 Å². The summed E-state index contributed by atoms with van der Waals surface area (Å²) in [5.41, 5.74) is -7.13. The van der Waals surface area contributed by atoms with Gasteiger partial charge >= 0.3 is 12.4 Å². The maximum atomic E-state index is 15.6. The van der Waals surface area contributed by atoms with Crippen LogP contribution in [-0.2, 0) is 22.2 Å². The Kier molecular flexibility index (Phi) is 7.14. The number of rotatable bonds is 6. The molecule has 1 N–H and O–H groups in total. The lowest BCUT2D eigenvalue weighted by atomic mass is 9.74. The minimum atomic E-state index is -6.06. The molecule has 39 heavy (non-hydrogen) atoms. The Balaban J connectivity index is 1.61. The van der Waals surface area contributed by atoms with Gasteiger partial charge in [0.1, 0.15) is 11.6 Å². The number of aliphatic hydroxyl groups is 1. The van der Waals surface area contributed by atoms with E-state index < -0.39 is 51.1 Å². The molecule has 2 aromatic carbocycles. The minimum absolute atomic E-state index is 0.0307. The molecule has 0 amide bonds. The highest BCUT2D eigenvalue weighted by atomic mass is 32.2. The fourth-order valence-electron chi connectivity index (χ4n) is 5.38. The zero-order valence-corrected chi connectivity index (χ0v) is 21.9. The molecule has 1 spiro atoms. The summed E-state index contributed by atoms with van der Waals surface area (Å²) in [5.74, 6) is -2.34. The summed E-state index contributed by atoms with van der Waals surface area (Å²) in [6.45, 7) is 4.67. The van der Waals surface area contributed by atoms with E-state index in [0.29, 0.717) is 38.3 Å². The molecule has 0 aliphatic carbocycles. The lowest BCUT2D eigenvalue weighted by molar-refractivity contribution is -0.376. The highest BCUT2D eigenvalue weighted by Crippen LogP contribution is 2.50. The Morgan fingerprint density at radius 2 is 1.46 bits per heavy atom. The summed E-state index contributed by atoms with van der Waals surface area (Å²) in [6, 6.07) is 3.55. The number of hydrogen-bond acceptors (Lipinski definition) is 4. The first-order valence-electron chi connectivity index (χ1n) is 11.9. The van der Waals surface area contributed by atoms with Gasteiger partial charge in [-0.05, 0) is 28.7 Å². The summed E-state index contributed by atoms with van der Waals surface area (Å²) in [5, 5.41) is 9.60. The first-order valence-corrected chi connectivity index (χ1v) is 13.7. The Bertz CT molecular complexity index is 1340. The molecule has 2 aromatic rings. The molecule has 0 radical (unpaired) electrons. The molecule has 14 heteroatoms. The second kappa shape index (κ2) is 9.38. The Morgan fingerprint density at radius 1 is 0.949 bits per heavy atom. The van der Waals surface area contributed by atoms with E-state index >= 15 is 8.78 Å². The van der Waals surface area contributed by atoms with E-state index in [2.05, 4.69) is 0 Å². The summed E-state index contributed by atoms with van der Waals surface area (Å²) < 4.78 is 135.